The van der Waals surface area contributed by atoms with Gasteiger partial charge in [0.2, 0.25) is 0 Å². The maximum absolute atomic E-state index is 11.0. The average molecular weight is 274 g/mol. The number of benzene rings is 1. The first kappa shape index (κ1) is 13.4. The lowest BCUT2D eigenvalue weighted by molar-refractivity contribution is 0.112. The van der Waals surface area contributed by atoms with E-state index in [9.17, 15) is 4.79 Å². The largest absolute Gasteiger partial charge is 0.493 e. The molecule has 0 aliphatic heterocycles. The Morgan fingerprint density at radius 1 is 1.42 bits per heavy atom. The summed E-state index contributed by atoms with van der Waals surface area (Å²) in [5.74, 6) is 1.19. The number of thiophene rings is 1. The zero-order valence-corrected chi connectivity index (χ0v) is 11.4. The van der Waals surface area contributed by atoms with E-state index in [-0.39, 0.29) is 0 Å². The molecule has 1 aromatic heterocycles. The molecule has 0 atom stereocenters. The van der Waals surface area contributed by atoms with Gasteiger partial charge in [0.15, 0.2) is 11.5 Å². The predicted octanol–water partition coefficient (Wildman–Crippen LogP) is 3.80. The molecule has 3 nitrogen and oxygen atoms in total. The molecule has 0 spiro atoms. The van der Waals surface area contributed by atoms with Crippen molar-refractivity contribution in [1.29, 1.82) is 0 Å². The van der Waals surface area contributed by atoms with E-state index in [1.165, 1.54) is 0 Å². The van der Waals surface area contributed by atoms with Crippen LogP contribution in [0.3, 0.4) is 0 Å². The normalized spacial score (nSPS) is 9.95. The Hall–Kier alpha value is -2.07. The highest BCUT2D eigenvalue weighted by molar-refractivity contribution is 7.13. The first-order valence-corrected chi connectivity index (χ1v) is 6.63. The molecule has 0 unspecified atom stereocenters. The minimum Gasteiger partial charge on any atom is -0.493 e. The molecule has 19 heavy (non-hydrogen) atoms. The van der Waals surface area contributed by atoms with Crippen molar-refractivity contribution in [2.45, 2.75) is 0 Å². The molecule has 0 bridgehead atoms. The first-order chi connectivity index (χ1) is 9.30. The van der Waals surface area contributed by atoms with Crippen molar-refractivity contribution in [3.05, 3.63) is 47.9 Å². The van der Waals surface area contributed by atoms with Gasteiger partial charge >= 0.3 is 0 Å². The number of ether oxygens (including phenoxy) is 2. The molecule has 0 saturated heterocycles. The van der Waals surface area contributed by atoms with Crippen LogP contribution in [-0.4, -0.2) is 20.0 Å². The SMILES string of the molecule is C=CCOc1c(OC)cc(C=O)cc1-c1cccs1. The molecule has 0 amide bonds. The monoisotopic (exact) mass is 274 g/mol. The van der Waals surface area contributed by atoms with Crippen molar-refractivity contribution in [1.82, 2.24) is 0 Å². The molecule has 0 aliphatic carbocycles. The van der Waals surface area contributed by atoms with Crippen LogP contribution in [0.5, 0.6) is 11.5 Å². The fourth-order valence-corrected chi connectivity index (χ4v) is 2.49. The Labute approximate surface area is 116 Å². The summed E-state index contributed by atoms with van der Waals surface area (Å²) in [5.41, 5.74) is 1.42. The maximum atomic E-state index is 11.0. The van der Waals surface area contributed by atoms with Gasteiger partial charge in [0, 0.05) is 16.0 Å². The fourth-order valence-electron chi connectivity index (χ4n) is 1.75. The molecule has 0 fully saturated rings. The molecule has 0 aliphatic rings. The number of carbonyl (C=O) groups is 1. The minimum atomic E-state index is 0.384. The Bertz CT molecular complexity index is 573. The second-order valence-corrected chi connectivity index (χ2v) is 4.74. The van der Waals surface area contributed by atoms with Gasteiger partial charge in [-0.15, -0.1) is 11.3 Å². The van der Waals surface area contributed by atoms with E-state index in [0.29, 0.717) is 23.7 Å². The van der Waals surface area contributed by atoms with E-state index in [4.69, 9.17) is 9.47 Å². The van der Waals surface area contributed by atoms with Gasteiger partial charge in [-0.1, -0.05) is 18.7 Å². The Kier molecular flexibility index (Phi) is 4.36. The molecular weight excluding hydrogens is 260 g/mol. The predicted molar refractivity (Wildman–Crippen MR) is 77.4 cm³/mol. The van der Waals surface area contributed by atoms with Gasteiger partial charge in [-0.3, -0.25) is 4.79 Å². The van der Waals surface area contributed by atoms with Crippen LogP contribution in [0.1, 0.15) is 10.4 Å². The van der Waals surface area contributed by atoms with Gasteiger partial charge in [-0.05, 0) is 23.6 Å². The van der Waals surface area contributed by atoms with Gasteiger partial charge in [0.1, 0.15) is 12.9 Å². The van der Waals surface area contributed by atoms with Crippen LogP contribution in [0.4, 0.5) is 0 Å². The molecule has 0 radical (unpaired) electrons. The number of rotatable bonds is 6. The number of aldehydes is 1. The van der Waals surface area contributed by atoms with Crippen molar-refractivity contribution in [2.24, 2.45) is 0 Å². The maximum Gasteiger partial charge on any atom is 0.170 e. The zero-order chi connectivity index (χ0) is 13.7. The second-order valence-electron chi connectivity index (χ2n) is 3.79. The Morgan fingerprint density at radius 2 is 2.26 bits per heavy atom. The van der Waals surface area contributed by atoms with Crippen molar-refractivity contribution >= 4 is 17.6 Å². The van der Waals surface area contributed by atoms with Crippen LogP contribution in [0.15, 0.2) is 42.3 Å². The van der Waals surface area contributed by atoms with E-state index in [1.807, 2.05) is 17.5 Å². The standard InChI is InChI=1S/C15H14O3S/c1-3-6-18-15-12(14-5-4-7-19-14)8-11(10-16)9-13(15)17-2/h3-5,7-10H,1,6H2,2H3. The molecule has 1 heterocycles. The smallest absolute Gasteiger partial charge is 0.170 e. The highest BCUT2D eigenvalue weighted by Gasteiger charge is 2.15. The van der Waals surface area contributed by atoms with Gasteiger partial charge < -0.3 is 9.47 Å². The summed E-state index contributed by atoms with van der Waals surface area (Å²) in [5, 5.41) is 1.98. The quantitative estimate of drug-likeness (QED) is 0.593. The van der Waals surface area contributed by atoms with Gasteiger partial charge in [-0.2, -0.15) is 0 Å². The number of methoxy groups -OCH3 is 1. The van der Waals surface area contributed by atoms with E-state index < -0.39 is 0 Å². The molecule has 0 N–H and O–H groups in total. The van der Waals surface area contributed by atoms with E-state index >= 15 is 0 Å². The molecule has 1 aromatic carbocycles. The lowest BCUT2D eigenvalue weighted by atomic mass is 10.1. The molecule has 4 heteroatoms. The molecule has 2 rings (SSSR count). The summed E-state index contributed by atoms with van der Waals surface area (Å²) >= 11 is 1.58. The third-order valence-electron chi connectivity index (χ3n) is 2.57. The summed E-state index contributed by atoms with van der Waals surface area (Å²) in [6.45, 7) is 4.02. The minimum absolute atomic E-state index is 0.384. The van der Waals surface area contributed by atoms with Gasteiger partial charge in [-0.25, -0.2) is 0 Å². The van der Waals surface area contributed by atoms with Gasteiger partial charge in [0.25, 0.3) is 0 Å². The van der Waals surface area contributed by atoms with Crippen LogP contribution < -0.4 is 9.47 Å². The highest BCUT2D eigenvalue weighted by Crippen LogP contribution is 2.40. The first-order valence-electron chi connectivity index (χ1n) is 5.75. The van der Waals surface area contributed by atoms with E-state index in [2.05, 4.69) is 6.58 Å². The van der Waals surface area contributed by atoms with Crippen molar-refractivity contribution in [2.75, 3.05) is 13.7 Å². The molecule has 0 saturated carbocycles. The lowest BCUT2D eigenvalue weighted by Crippen LogP contribution is -1.99. The van der Waals surface area contributed by atoms with Crippen molar-refractivity contribution < 1.29 is 14.3 Å². The number of carbonyl (C=O) groups excluding carboxylic acids is 1. The summed E-state index contributed by atoms with van der Waals surface area (Å²) in [6, 6.07) is 7.41. The second kappa shape index (κ2) is 6.20. The lowest BCUT2D eigenvalue weighted by Gasteiger charge is -2.14. The third kappa shape index (κ3) is 2.85. The molecule has 98 valence electrons. The van der Waals surface area contributed by atoms with Crippen LogP contribution in [-0.2, 0) is 0 Å². The van der Waals surface area contributed by atoms with Crippen LogP contribution in [0.2, 0.25) is 0 Å². The molecular formula is C15H14O3S. The van der Waals surface area contributed by atoms with Crippen LogP contribution >= 0.6 is 11.3 Å². The van der Waals surface area contributed by atoms with Gasteiger partial charge in [0.05, 0.1) is 7.11 Å². The van der Waals surface area contributed by atoms with Crippen molar-refractivity contribution in [3.8, 4) is 21.9 Å². The fraction of sp³-hybridized carbons (Fsp3) is 0.133. The zero-order valence-electron chi connectivity index (χ0n) is 10.6. The summed E-state index contributed by atoms with van der Waals surface area (Å²) in [6.07, 6.45) is 2.47. The van der Waals surface area contributed by atoms with Crippen molar-refractivity contribution in [3.63, 3.8) is 0 Å². The summed E-state index contributed by atoms with van der Waals surface area (Å²) in [7, 11) is 1.56. The number of hydrogen-bond donors (Lipinski definition) is 0. The molecule has 2 aromatic rings. The topological polar surface area (TPSA) is 35.5 Å². The average Bonchev–Trinajstić information content (AvgIpc) is 2.98. The summed E-state index contributed by atoms with van der Waals surface area (Å²) in [4.78, 5) is 12.0. The highest BCUT2D eigenvalue weighted by atomic mass is 32.1. The third-order valence-corrected chi connectivity index (χ3v) is 3.47. The van der Waals surface area contributed by atoms with E-state index in [0.717, 1.165) is 16.7 Å². The number of hydrogen-bond acceptors (Lipinski definition) is 4. The Morgan fingerprint density at radius 3 is 2.84 bits per heavy atom. The van der Waals surface area contributed by atoms with E-state index in [1.54, 1.807) is 36.7 Å². The van der Waals surface area contributed by atoms with Crippen LogP contribution in [0.25, 0.3) is 10.4 Å². The van der Waals surface area contributed by atoms with Crippen LogP contribution in [0, 0.1) is 0 Å². The summed E-state index contributed by atoms with van der Waals surface area (Å²) < 4.78 is 11.0. The Balaban J connectivity index is 2.59.